The Morgan fingerprint density at radius 3 is 2.39 bits per heavy atom. The Morgan fingerprint density at radius 2 is 1.68 bits per heavy atom. The van der Waals surface area contributed by atoms with Gasteiger partial charge in [-0.05, 0) is 66.2 Å². The summed E-state index contributed by atoms with van der Waals surface area (Å²) in [5, 5.41) is 9.11. The van der Waals surface area contributed by atoms with Crippen LogP contribution in [0.2, 0.25) is 0 Å². The second-order valence-corrected chi connectivity index (χ2v) is 9.42. The average molecular weight is 522 g/mol. The van der Waals surface area contributed by atoms with Gasteiger partial charge in [-0.15, -0.1) is 5.10 Å². The van der Waals surface area contributed by atoms with Crippen molar-refractivity contribution in [3.63, 3.8) is 0 Å². The first-order chi connectivity index (χ1) is 18.6. The van der Waals surface area contributed by atoms with Gasteiger partial charge in [0.15, 0.2) is 5.82 Å². The largest absolute Gasteiger partial charge is 0.497 e. The van der Waals surface area contributed by atoms with Crippen molar-refractivity contribution >= 4 is 34.5 Å². The first kappa shape index (κ1) is 23.5. The highest BCUT2D eigenvalue weighted by Crippen LogP contribution is 2.25. The van der Waals surface area contributed by atoms with Gasteiger partial charge in [-0.1, -0.05) is 47.7 Å². The number of benzene rings is 3. The molecule has 0 saturated carbocycles. The van der Waals surface area contributed by atoms with Gasteiger partial charge in [0.25, 0.3) is 5.56 Å². The molecule has 0 saturated heterocycles. The smallest absolute Gasteiger partial charge is 0.291 e. The van der Waals surface area contributed by atoms with E-state index in [4.69, 9.17) is 9.84 Å². The molecule has 0 spiro atoms. The molecule has 3 aromatic heterocycles. The molecule has 3 aromatic carbocycles. The van der Waals surface area contributed by atoms with E-state index in [2.05, 4.69) is 10.1 Å². The Morgan fingerprint density at radius 1 is 0.921 bits per heavy atom. The summed E-state index contributed by atoms with van der Waals surface area (Å²) in [5.41, 5.74) is 3.67. The van der Waals surface area contributed by atoms with E-state index in [-0.39, 0.29) is 11.4 Å². The molecule has 6 aromatic rings. The molecule has 9 heteroatoms. The average Bonchev–Trinajstić information content (AvgIpc) is 3.63. The molecule has 186 valence electrons. The predicted molar refractivity (Wildman–Crippen MR) is 147 cm³/mol. The molecule has 3 heterocycles. The van der Waals surface area contributed by atoms with E-state index in [1.807, 2.05) is 66.9 Å². The molecular weight excluding hydrogens is 501 g/mol. The molecular formula is C29H20FN5O2S. The second-order valence-electron chi connectivity index (χ2n) is 8.41. The fraction of sp³-hybridized carbons (Fsp3) is 0.0345. The predicted octanol–water partition coefficient (Wildman–Crippen LogP) is 4.87. The number of fused-ring (bicyclic) bond motifs is 1. The van der Waals surface area contributed by atoms with E-state index in [0.717, 1.165) is 28.1 Å². The van der Waals surface area contributed by atoms with Crippen LogP contribution in [0.25, 0.3) is 40.1 Å². The first-order valence-corrected chi connectivity index (χ1v) is 12.5. The van der Waals surface area contributed by atoms with Gasteiger partial charge >= 0.3 is 0 Å². The zero-order valence-electron chi connectivity index (χ0n) is 20.2. The molecule has 0 radical (unpaired) electrons. The molecule has 0 N–H and O–H groups in total. The number of para-hydroxylation sites is 1. The monoisotopic (exact) mass is 521 g/mol. The van der Waals surface area contributed by atoms with Gasteiger partial charge in [-0.25, -0.2) is 9.07 Å². The van der Waals surface area contributed by atoms with E-state index in [0.29, 0.717) is 21.0 Å². The lowest BCUT2D eigenvalue weighted by Crippen LogP contribution is -2.23. The van der Waals surface area contributed by atoms with Gasteiger partial charge in [0, 0.05) is 17.3 Å². The van der Waals surface area contributed by atoms with Crippen molar-refractivity contribution in [3.8, 4) is 22.7 Å². The van der Waals surface area contributed by atoms with Crippen LogP contribution in [-0.4, -0.2) is 31.5 Å². The third kappa shape index (κ3) is 4.62. The van der Waals surface area contributed by atoms with Crippen molar-refractivity contribution in [2.24, 2.45) is 0 Å². The Labute approximate surface area is 220 Å². The minimum absolute atomic E-state index is 0.265. The minimum Gasteiger partial charge on any atom is -0.497 e. The summed E-state index contributed by atoms with van der Waals surface area (Å²) in [6.45, 7) is 0. The van der Waals surface area contributed by atoms with Crippen molar-refractivity contribution in [1.82, 2.24) is 24.4 Å². The molecule has 0 bridgehead atoms. The van der Waals surface area contributed by atoms with Crippen LogP contribution in [0, 0.1) is 5.82 Å². The number of rotatable bonds is 6. The highest BCUT2D eigenvalue weighted by atomic mass is 32.1. The van der Waals surface area contributed by atoms with Crippen LogP contribution in [0.5, 0.6) is 5.75 Å². The van der Waals surface area contributed by atoms with Crippen LogP contribution in [0.15, 0.2) is 89.9 Å². The topological polar surface area (TPSA) is 74.3 Å². The van der Waals surface area contributed by atoms with Crippen LogP contribution in [0.4, 0.5) is 4.39 Å². The lowest BCUT2D eigenvalue weighted by atomic mass is 10.1. The standard InChI is InChI=1S/C29H20FN5O2S/c1-37-24-14-7-19(8-15-24)9-16-26-31-29-35(32-26)28(36)25(38-29)17-21-18-34(23-5-3-2-4-6-23)33-27(21)20-10-12-22(30)13-11-20/h2-18H,1H3/b16-9+,25-17-. The Balaban J connectivity index is 1.38. The normalized spacial score (nSPS) is 12.1. The third-order valence-electron chi connectivity index (χ3n) is 5.91. The molecule has 0 aliphatic carbocycles. The summed E-state index contributed by atoms with van der Waals surface area (Å²) in [6, 6.07) is 23.4. The van der Waals surface area contributed by atoms with Gasteiger partial charge in [0.1, 0.15) is 17.3 Å². The Kier molecular flexibility index (Phi) is 6.11. The van der Waals surface area contributed by atoms with Gasteiger partial charge in [0.05, 0.1) is 17.3 Å². The van der Waals surface area contributed by atoms with Gasteiger partial charge in [0.2, 0.25) is 4.96 Å². The number of ether oxygens (including phenoxy) is 1. The molecule has 0 fully saturated rings. The molecule has 0 aliphatic rings. The summed E-state index contributed by atoms with van der Waals surface area (Å²) in [7, 11) is 1.62. The fourth-order valence-corrected chi connectivity index (χ4v) is 4.89. The zero-order chi connectivity index (χ0) is 26.1. The van der Waals surface area contributed by atoms with Gasteiger partial charge in [-0.3, -0.25) is 4.79 Å². The lowest BCUT2D eigenvalue weighted by Gasteiger charge is -2.00. The number of aromatic nitrogens is 5. The summed E-state index contributed by atoms with van der Waals surface area (Å²) < 4.78 is 22.3. The second kappa shape index (κ2) is 9.87. The van der Waals surface area contributed by atoms with Crippen LogP contribution < -0.4 is 14.8 Å². The highest BCUT2D eigenvalue weighted by molar-refractivity contribution is 7.15. The number of halogens is 1. The lowest BCUT2D eigenvalue weighted by molar-refractivity contribution is 0.415. The van der Waals surface area contributed by atoms with E-state index >= 15 is 0 Å². The fourth-order valence-electron chi connectivity index (χ4n) is 3.98. The van der Waals surface area contributed by atoms with Crippen molar-refractivity contribution in [3.05, 3.63) is 123 Å². The van der Waals surface area contributed by atoms with Crippen LogP contribution in [-0.2, 0) is 0 Å². The molecule has 7 nitrogen and oxygen atoms in total. The number of nitrogens with zero attached hydrogens (tertiary/aromatic N) is 5. The maximum atomic E-state index is 13.6. The van der Waals surface area contributed by atoms with E-state index < -0.39 is 0 Å². The highest BCUT2D eigenvalue weighted by Gasteiger charge is 2.14. The maximum Gasteiger partial charge on any atom is 0.291 e. The third-order valence-corrected chi connectivity index (χ3v) is 6.87. The van der Waals surface area contributed by atoms with Crippen LogP contribution >= 0.6 is 11.3 Å². The SMILES string of the molecule is COc1ccc(/C=C/c2nc3s/c(=C\c4cn(-c5ccccc5)nc4-c4ccc(F)cc4)c(=O)n3n2)cc1. The Hall–Kier alpha value is -4.89. The van der Waals surface area contributed by atoms with E-state index in [9.17, 15) is 9.18 Å². The zero-order valence-corrected chi connectivity index (χ0v) is 21.0. The number of thiazole rings is 1. The number of methoxy groups -OCH3 is 1. The quantitative estimate of drug-likeness (QED) is 0.313. The van der Waals surface area contributed by atoms with Crippen molar-refractivity contribution in [1.29, 1.82) is 0 Å². The molecule has 38 heavy (non-hydrogen) atoms. The van der Waals surface area contributed by atoms with Crippen LogP contribution in [0.3, 0.4) is 0 Å². The molecule has 0 atom stereocenters. The molecule has 0 amide bonds. The summed E-state index contributed by atoms with van der Waals surface area (Å²) in [4.78, 5) is 18.2. The summed E-state index contributed by atoms with van der Waals surface area (Å²) in [6.07, 6.45) is 7.28. The summed E-state index contributed by atoms with van der Waals surface area (Å²) >= 11 is 1.25. The molecule has 0 aliphatic heterocycles. The molecule has 0 unspecified atom stereocenters. The van der Waals surface area contributed by atoms with Crippen molar-refractivity contribution in [2.75, 3.05) is 7.11 Å². The first-order valence-electron chi connectivity index (χ1n) is 11.7. The van der Waals surface area contributed by atoms with E-state index in [1.165, 1.54) is 28.0 Å². The van der Waals surface area contributed by atoms with Crippen molar-refractivity contribution < 1.29 is 9.13 Å². The summed E-state index contributed by atoms with van der Waals surface area (Å²) in [5.74, 6) is 0.894. The van der Waals surface area contributed by atoms with Gasteiger partial charge < -0.3 is 4.74 Å². The van der Waals surface area contributed by atoms with E-state index in [1.54, 1.807) is 36.1 Å². The Bertz CT molecular complexity index is 1870. The number of hydrogen-bond donors (Lipinski definition) is 0. The van der Waals surface area contributed by atoms with Gasteiger partial charge in [-0.2, -0.15) is 14.6 Å². The number of hydrogen-bond acceptors (Lipinski definition) is 6. The molecule has 6 rings (SSSR count). The van der Waals surface area contributed by atoms with Crippen molar-refractivity contribution in [2.45, 2.75) is 0 Å². The minimum atomic E-state index is -0.328. The van der Waals surface area contributed by atoms with Crippen LogP contribution in [0.1, 0.15) is 17.0 Å². The maximum absolute atomic E-state index is 13.6.